The van der Waals surface area contributed by atoms with Crippen molar-refractivity contribution in [2.45, 2.75) is 26.3 Å². The molecule has 1 aliphatic rings. The van der Waals surface area contributed by atoms with E-state index in [9.17, 15) is 9.59 Å². The van der Waals surface area contributed by atoms with E-state index in [0.717, 1.165) is 11.8 Å². The topological polar surface area (TPSA) is 65.1 Å². The van der Waals surface area contributed by atoms with E-state index in [1.165, 1.54) is 0 Å². The molecule has 23 heavy (non-hydrogen) atoms. The number of likely N-dealkylation sites (N-methyl/N-ethyl adjacent to an activating group) is 1. The zero-order valence-corrected chi connectivity index (χ0v) is 14.0. The van der Waals surface area contributed by atoms with E-state index in [-0.39, 0.29) is 13.4 Å². The number of fused-ring (bicyclic) bond motifs is 1. The van der Waals surface area contributed by atoms with Crippen LogP contribution in [0.4, 0.5) is 0 Å². The second kappa shape index (κ2) is 7.00. The Balaban J connectivity index is 2.27. The van der Waals surface area contributed by atoms with Gasteiger partial charge in [-0.3, -0.25) is 9.69 Å². The van der Waals surface area contributed by atoms with Gasteiger partial charge in [-0.25, -0.2) is 0 Å². The quantitative estimate of drug-likeness (QED) is 0.562. The van der Waals surface area contributed by atoms with Crippen LogP contribution < -0.4 is 9.47 Å². The summed E-state index contributed by atoms with van der Waals surface area (Å²) in [5.74, 6) is 0.956. The highest BCUT2D eigenvalue weighted by atomic mass is 16.7. The summed E-state index contributed by atoms with van der Waals surface area (Å²) in [5.41, 5.74) is -0.0105. The predicted octanol–water partition coefficient (Wildman–Crippen LogP) is 1.66. The minimum atomic E-state index is -0.913. The Kier molecular flexibility index (Phi) is 5.26. The Morgan fingerprint density at radius 2 is 2.09 bits per heavy atom. The second-order valence-electron chi connectivity index (χ2n) is 6.11. The zero-order chi connectivity index (χ0) is 17.0. The highest BCUT2D eigenvalue weighted by Gasteiger charge is 2.42. The molecule has 1 aromatic rings. The summed E-state index contributed by atoms with van der Waals surface area (Å²) in [5, 5.41) is 0. The van der Waals surface area contributed by atoms with Gasteiger partial charge in [0.25, 0.3) is 0 Å². The van der Waals surface area contributed by atoms with Crippen LogP contribution in [-0.4, -0.2) is 50.7 Å². The molecule has 0 saturated heterocycles. The fourth-order valence-electron chi connectivity index (χ4n) is 2.98. The van der Waals surface area contributed by atoms with Crippen molar-refractivity contribution < 1.29 is 23.8 Å². The standard InChI is InChI=1S/C17H23NO5/c1-5-21-16(20)15(18(3)4)17(2,10-19)9-12-6-7-13-14(8-12)23-11-22-13/h6-8,10,15H,5,9,11H2,1-4H3. The largest absolute Gasteiger partial charge is 0.465 e. The summed E-state index contributed by atoms with van der Waals surface area (Å²) < 4.78 is 15.8. The Labute approximate surface area is 136 Å². The molecule has 6 nitrogen and oxygen atoms in total. The SMILES string of the molecule is CCOC(=O)C(N(C)C)C(C)(C=O)Cc1ccc2c(c1)OCO2. The number of benzene rings is 1. The summed E-state index contributed by atoms with van der Waals surface area (Å²) in [6, 6.07) is 4.89. The van der Waals surface area contributed by atoms with E-state index < -0.39 is 17.4 Å². The first-order valence-electron chi connectivity index (χ1n) is 7.59. The van der Waals surface area contributed by atoms with Gasteiger partial charge in [0.05, 0.1) is 12.0 Å². The van der Waals surface area contributed by atoms with E-state index in [4.69, 9.17) is 14.2 Å². The van der Waals surface area contributed by atoms with Gasteiger partial charge >= 0.3 is 5.97 Å². The van der Waals surface area contributed by atoms with E-state index in [1.807, 2.05) is 18.2 Å². The molecule has 0 saturated carbocycles. The number of aldehydes is 1. The van der Waals surface area contributed by atoms with Crippen molar-refractivity contribution in [1.29, 1.82) is 0 Å². The third-order valence-electron chi connectivity index (χ3n) is 3.94. The van der Waals surface area contributed by atoms with Crippen LogP contribution in [0.5, 0.6) is 11.5 Å². The maximum atomic E-state index is 12.3. The summed E-state index contributed by atoms with van der Waals surface area (Å²) >= 11 is 0. The van der Waals surface area contributed by atoms with E-state index in [2.05, 4.69) is 0 Å². The molecule has 126 valence electrons. The molecule has 1 aromatic carbocycles. The van der Waals surface area contributed by atoms with Crippen LogP contribution in [0.2, 0.25) is 0 Å². The van der Waals surface area contributed by atoms with Crippen LogP contribution in [0.15, 0.2) is 18.2 Å². The molecule has 0 bridgehead atoms. The van der Waals surface area contributed by atoms with Crippen LogP contribution in [0.3, 0.4) is 0 Å². The molecule has 0 amide bonds. The maximum absolute atomic E-state index is 12.3. The van der Waals surface area contributed by atoms with Gasteiger partial charge in [0, 0.05) is 0 Å². The van der Waals surface area contributed by atoms with Crippen LogP contribution in [0.25, 0.3) is 0 Å². The molecule has 0 fully saturated rings. The molecule has 1 aliphatic heterocycles. The lowest BCUT2D eigenvalue weighted by molar-refractivity contribution is -0.155. The third kappa shape index (κ3) is 3.64. The molecule has 6 heteroatoms. The lowest BCUT2D eigenvalue weighted by Gasteiger charge is -2.35. The van der Waals surface area contributed by atoms with Crippen molar-refractivity contribution in [3.8, 4) is 11.5 Å². The highest BCUT2D eigenvalue weighted by Crippen LogP contribution is 2.35. The number of hydrogen-bond donors (Lipinski definition) is 0. The Bertz CT molecular complexity index is 586. The highest BCUT2D eigenvalue weighted by molar-refractivity contribution is 5.82. The molecule has 0 aromatic heterocycles. The van der Waals surface area contributed by atoms with E-state index >= 15 is 0 Å². The lowest BCUT2D eigenvalue weighted by Crippen LogP contribution is -2.51. The first-order valence-corrected chi connectivity index (χ1v) is 7.59. The summed E-state index contributed by atoms with van der Waals surface area (Å²) in [6.07, 6.45) is 1.23. The average Bonchev–Trinajstić information content (AvgIpc) is 2.94. The van der Waals surface area contributed by atoms with Crippen molar-refractivity contribution in [3.05, 3.63) is 23.8 Å². The Morgan fingerprint density at radius 1 is 1.39 bits per heavy atom. The smallest absolute Gasteiger partial charge is 0.324 e. The summed E-state index contributed by atoms with van der Waals surface area (Å²) in [6.45, 7) is 4.00. The molecule has 0 spiro atoms. The van der Waals surface area contributed by atoms with Crippen molar-refractivity contribution in [2.75, 3.05) is 27.5 Å². The van der Waals surface area contributed by atoms with Gasteiger partial charge in [0.15, 0.2) is 11.5 Å². The first kappa shape index (κ1) is 17.3. The van der Waals surface area contributed by atoms with Crippen molar-refractivity contribution in [1.82, 2.24) is 4.90 Å². The molecular formula is C17H23NO5. The van der Waals surface area contributed by atoms with Crippen LogP contribution in [0.1, 0.15) is 19.4 Å². The number of nitrogens with zero attached hydrogens (tertiary/aromatic N) is 1. The normalized spacial score (nSPS) is 16.7. The molecular weight excluding hydrogens is 298 g/mol. The van der Waals surface area contributed by atoms with Gasteiger partial charge < -0.3 is 19.0 Å². The van der Waals surface area contributed by atoms with Gasteiger partial charge in [-0.2, -0.15) is 0 Å². The maximum Gasteiger partial charge on any atom is 0.324 e. The molecule has 2 atom stereocenters. The number of carbonyl (C=O) groups is 2. The van der Waals surface area contributed by atoms with Gasteiger partial charge in [0.2, 0.25) is 6.79 Å². The first-order chi connectivity index (χ1) is 10.9. The van der Waals surface area contributed by atoms with Gasteiger partial charge in [-0.05, 0) is 45.1 Å². The molecule has 2 rings (SSSR count). The molecule has 1 heterocycles. The zero-order valence-electron chi connectivity index (χ0n) is 14.0. The third-order valence-corrected chi connectivity index (χ3v) is 3.94. The summed E-state index contributed by atoms with van der Waals surface area (Å²) in [4.78, 5) is 25.9. The number of rotatable bonds is 7. The van der Waals surface area contributed by atoms with Gasteiger partial charge in [-0.1, -0.05) is 13.0 Å². The Hall–Kier alpha value is -2.08. The number of ether oxygens (including phenoxy) is 3. The molecule has 2 unspecified atom stereocenters. The monoisotopic (exact) mass is 321 g/mol. The van der Waals surface area contributed by atoms with Gasteiger partial charge in [0.1, 0.15) is 12.3 Å². The van der Waals surface area contributed by atoms with Crippen LogP contribution >= 0.6 is 0 Å². The van der Waals surface area contributed by atoms with Crippen molar-refractivity contribution >= 4 is 12.3 Å². The fourth-order valence-corrected chi connectivity index (χ4v) is 2.98. The van der Waals surface area contributed by atoms with E-state index in [1.54, 1.807) is 32.8 Å². The fraction of sp³-hybridized carbons (Fsp3) is 0.529. The Morgan fingerprint density at radius 3 is 2.70 bits per heavy atom. The van der Waals surface area contributed by atoms with Crippen LogP contribution in [0, 0.1) is 5.41 Å². The van der Waals surface area contributed by atoms with Crippen molar-refractivity contribution in [2.24, 2.45) is 5.41 Å². The minimum absolute atomic E-state index is 0.201. The van der Waals surface area contributed by atoms with Gasteiger partial charge in [-0.15, -0.1) is 0 Å². The van der Waals surface area contributed by atoms with Crippen molar-refractivity contribution in [3.63, 3.8) is 0 Å². The number of carbonyl (C=O) groups excluding carboxylic acids is 2. The second-order valence-corrected chi connectivity index (χ2v) is 6.11. The molecule has 0 aliphatic carbocycles. The molecule has 0 radical (unpaired) electrons. The predicted molar refractivity (Wildman–Crippen MR) is 84.5 cm³/mol. The van der Waals surface area contributed by atoms with Crippen LogP contribution in [-0.2, 0) is 20.7 Å². The number of hydrogen-bond acceptors (Lipinski definition) is 6. The molecule has 0 N–H and O–H groups in total. The number of esters is 1. The minimum Gasteiger partial charge on any atom is -0.465 e. The summed E-state index contributed by atoms with van der Waals surface area (Å²) in [7, 11) is 3.53. The van der Waals surface area contributed by atoms with E-state index in [0.29, 0.717) is 17.9 Å². The lowest BCUT2D eigenvalue weighted by atomic mass is 9.77. The average molecular weight is 321 g/mol.